The maximum absolute atomic E-state index is 11.1. The quantitative estimate of drug-likeness (QED) is 0.579. The molecule has 1 rings (SSSR count). The van der Waals surface area contributed by atoms with Gasteiger partial charge in [-0.3, -0.25) is 9.69 Å². The number of hydrogen-bond donors (Lipinski definition) is 1. The molecule has 4 nitrogen and oxygen atoms in total. The largest absolute Gasteiger partial charge is 0.336 e. The first-order chi connectivity index (χ1) is 5.13. The maximum atomic E-state index is 11.1. The van der Waals surface area contributed by atoms with E-state index in [-0.39, 0.29) is 11.9 Å². The van der Waals surface area contributed by atoms with Crippen LogP contribution in [0, 0.1) is 0 Å². The molecule has 62 valence electrons. The minimum absolute atomic E-state index is 0.332. The van der Waals surface area contributed by atoms with Gasteiger partial charge in [-0.05, 0) is 6.92 Å². The summed E-state index contributed by atoms with van der Waals surface area (Å²) in [6, 6.07) is -0.345. The Bertz CT molecular complexity index is 193. The second kappa shape index (κ2) is 3.09. The van der Waals surface area contributed by atoms with Gasteiger partial charge in [0.15, 0.2) is 0 Å². The number of amides is 3. The van der Waals surface area contributed by atoms with Gasteiger partial charge < -0.3 is 5.32 Å². The van der Waals surface area contributed by atoms with E-state index in [1.54, 1.807) is 6.92 Å². The Balaban J connectivity index is 2.60. The van der Waals surface area contributed by atoms with Crippen molar-refractivity contribution in [2.45, 2.75) is 12.3 Å². The van der Waals surface area contributed by atoms with E-state index in [1.807, 2.05) is 0 Å². The Labute approximate surface area is 69.5 Å². The van der Waals surface area contributed by atoms with Crippen LogP contribution in [0.3, 0.4) is 0 Å². The smallest absolute Gasteiger partial charge is 0.324 e. The molecule has 1 saturated heterocycles. The normalized spacial score (nSPS) is 19.8. The Morgan fingerprint density at radius 3 is 2.82 bits per heavy atom. The van der Waals surface area contributed by atoms with Crippen LogP contribution in [0.1, 0.15) is 6.92 Å². The number of nitrogens with one attached hydrogen (secondary N) is 1. The molecule has 1 atom stereocenters. The molecule has 0 aromatic carbocycles. The fraction of sp³-hybridized carbons (Fsp3) is 0.667. The summed E-state index contributed by atoms with van der Waals surface area (Å²) >= 11 is 5.50. The van der Waals surface area contributed by atoms with Gasteiger partial charge in [0.1, 0.15) is 5.38 Å². The molecule has 3 amide bonds. The molecule has 0 bridgehead atoms. The number of halogens is 1. The number of imide groups is 1. The zero-order chi connectivity index (χ0) is 8.43. The lowest BCUT2D eigenvalue weighted by Crippen LogP contribution is -2.38. The molecular weight excluding hydrogens is 168 g/mol. The van der Waals surface area contributed by atoms with E-state index < -0.39 is 5.38 Å². The molecule has 1 aliphatic heterocycles. The summed E-state index contributed by atoms with van der Waals surface area (Å²) in [4.78, 5) is 23.1. The van der Waals surface area contributed by atoms with Gasteiger partial charge in [-0.1, -0.05) is 0 Å². The second-order valence-corrected chi connectivity index (χ2v) is 2.99. The number of rotatable bonds is 1. The van der Waals surface area contributed by atoms with Crippen LogP contribution in [0.4, 0.5) is 4.79 Å². The highest BCUT2D eigenvalue weighted by Gasteiger charge is 2.28. The van der Waals surface area contributed by atoms with Gasteiger partial charge in [0.25, 0.3) is 0 Å². The molecular formula is C6H9ClN2O2. The van der Waals surface area contributed by atoms with Crippen LogP contribution < -0.4 is 5.32 Å². The van der Waals surface area contributed by atoms with E-state index in [0.29, 0.717) is 13.1 Å². The molecule has 1 N–H and O–H groups in total. The van der Waals surface area contributed by atoms with Crippen LogP contribution in [-0.2, 0) is 4.79 Å². The van der Waals surface area contributed by atoms with Crippen molar-refractivity contribution in [3.05, 3.63) is 0 Å². The third kappa shape index (κ3) is 1.63. The van der Waals surface area contributed by atoms with Crippen molar-refractivity contribution in [2.75, 3.05) is 13.1 Å². The zero-order valence-corrected chi connectivity index (χ0v) is 6.89. The molecule has 1 fully saturated rings. The summed E-state index contributed by atoms with van der Waals surface area (Å²) in [7, 11) is 0. The van der Waals surface area contributed by atoms with Gasteiger partial charge in [-0.15, -0.1) is 11.6 Å². The van der Waals surface area contributed by atoms with E-state index in [9.17, 15) is 9.59 Å². The number of hydrogen-bond acceptors (Lipinski definition) is 2. The van der Waals surface area contributed by atoms with Crippen LogP contribution in [0.5, 0.6) is 0 Å². The van der Waals surface area contributed by atoms with Gasteiger partial charge in [-0.2, -0.15) is 0 Å². The summed E-state index contributed by atoms with van der Waals surface area (Å²) < 4.78 is 0. The predicted octanol–water partition coefficient (Wildman–Crippen LogP) is 0.166. The minimum Gasteiger partial charge on any atom is -0.336 e. The maximum Gasteiger partial charge on any atom is 0.324 e. The number of carbonyl (C=O) groups is 2. The third-order valence-corrected chi connectivity index (χ3v) is 1.65. The predicted molar refractivity (Wildman–Crippen MR) is 40.4 cm³/mol. The standard InChI is InChI=1S/C6H9ClN2O2/c1-4(7)5(10)9-3-2-8-6(9)11/h4H,2-3H2,1H3,(H,8,11). The van der Waals surface area contributed by atoms with Crippen LogP contribution in [0.25, 0.3) is 0 Å². The molecule has 0 aromatic heterocycles. The van der Waals surface area contributed by atoms with E-state index >= 15 is 0 Å². The highest BCUT2D eigenvalue weighted by Crippen LogP contribution is 2.04. The first kappa shape index (κ1) is 8.33. The van der Waals surface area contributed by atoms with Crippen molar-refractivity contribution in [3.63, 3.8) is 0 Å². The van der Waals surface area contributed by atoms with Crippen molar-refractivity contribution in [1.82, 2.24) is 10.2 Å². The lowest BCUT2D eigenvalue weighted by Gasteiger charge is -2.12. The Kier molecular flexibility index (Phi) is 2.34. The molecule has 0 aromatic rings. The molecule has 0 spiro atoms. The van der Waals surface area contributed by atoms with E-state index in [0.717, 1.165) is 4.90 Å². The van der Waals surface area contributed by atoms with Crippen LogP contribution in [0.15, 0.2) is 0 Å². The highest BCUT2D eigenvalue weighted by atomic mass is 35.5. The highest BCUT2D eigenvalue weighted by molar-refractivity contribution is 6.31. The number of alkyl halides is 1. The fourth-order valence-electron chi connectivity index (χ4n) is 0.897. The first-order valence-corrected chi connectivity index (χ1v) is 3.80. The SMILES string of the molecule is CC(Cl)C(=O)N1CCNC1=O. The molecule has 1 heterocycles. The Morgan fingerprint density at radius 2 is 2.45 bits per heavy atom. The van der Waals surface area contributed by atoms with E-state index in [2.05, 4.69) is 5.32 Å². The number of carbonyl (C=O) groups excluding carboxylic acids is 2. The van der Waals surface area contributed by atoms with Crippen molar-refractivity contribution in [3.8, 4) is 0 Å². The monoisotopic (exact) mass is 176 g/mol. The average molecular weight is 177 g/mol. The Hall–Kier alpha value is -0.770. The van der Waals surface area contributed by atoms with Crippen LogP contribution in [-0.4, -0.2) is 35.3 Å². The summed E-state index contributed by atoms with van der Waals surface area (Å²) in [6.45, 7) is 2.50. The van der Waals surface area contributed by atoms with Gasteiger partial charge >= 0.3 is 6.03 Å². The topological polar surface area (TPSA) is 49.4 Å². The molecule has 1 unspecified atom stereocenters. The summed E-state index contributed by atoms with van der Waals surface area (Å²) in [5, 5.41) is 1.89. The van der Waals surface area contributed by atoms with E-state index in [1.165, 1.54) is 0 Å². The third-order valence-electron chi connectivity index (χ3n) is 1.46. The lowest BCUT2D eigenvalue weighted by atomic mass is 10.4. The van der Waals surface area contributed by atoms with Gasteiger partial charge in [-0.25, -0.2) is 4.79 Å². The summed E-state index contributed by atoms with van der Waals surface area (Å²) in [5.41, 5.74) is 0. The molecule has 1 aliphatic rings. The fourth-order valence-corrected chi connectivity index (χ4v) is 1.01. The van der Waals surface area contributed by atoms with Gasteiger partial charge in [0.2, 0.25) is 5.91 Å². The zero-order valence-electron chi connectivity index (χ0n) is 6.13. The number of nitrogens with zero attached hydrogens (tertiary/aromatic N) is 1. The first-order valence-electron chi connectivity index (χ1n) is 3.36. The van der Waals surface area contributed by atoms with Crippen molar-refractivity contribution in [2.24, 2.45) is 0 Å². The number of urea groups is 1. The van der Waals surface area contributed by atoms with Gasteiger partial charge in [0, 0.05) is 13.1 Å². The minimum atomic E-state index is -0.626. The van der Waals surface area contributed by atoms with Crippen molar-refractivity contribution >= 4 is 23.5 Å². The molecule has 0 aliphatic carbocycles. The van der Waals surface area contributed by atoms with Gasteiger partial charge in [0.05, 0.1) is 0 Å². The Morgan fingerprint density at radius 1 is 1.82 bits per heavy atom. The van der Waals surface area contributed by atoms with E-state index in [4.69, 9.17) is 11.6 Å². The van der Waals surface area contributed by atoms with Crippen LogP contribution >= 0.6 is 11.6 Å². The van der Waals surface area contributed by atoms with Crippen molar-refractivity contribution < 1.29 is 9.59 Å². The van der Waals surface area contributed by atoms with Crippen LogP contribution in [0.2, 0.25) is 0 Å². The second-order valence-electron chi connectivity index (χ2n) is 2.34. The average Bonchev–Trinajstić information content (AvgIpc) is 2.33. The lowest BCUT2D eigenvalue weighted by molar-refractivity contribution is -0.126. The van der Waals surface area contributed by atoms with Crippen molar-refractivity contribution in [1.29, 1.82) is 0 Å². The molecule has 0 saturated carbocycles. The summed E-state index contributed by atoms with van der Waals surface area (Å²) in [6.07, 6.45) is 0. The summed E-state index contributed by atoms with van der Waals surface area (Å²) in [5.74, 6) is -0.332. The molecule has 11 heavy (non-hydrogen) atoms. The molecule has 5 heteroatoms. The molecule has 0 radical (unpaired) electrons.